The van der Waals surface area contributed by atoms with Gasteiger partial charge in [-0.1, -0.05) is 32.8 Å². The number of halogens is 3. The molecule has 0 spiro atoms. The van der Waals surface area contributed by atoms with Gasteiger partial charge in [0.1, 0.15) is 11.3 Å². The topological polar surface area (TPSA) is 47.5 Å². The van der Waals surface area contributed by atoms with Crippen LogP contribution < -0.4 is 14.4 Å². The third kappa shape index (κ3) is 6.00. The Bertz CT molecular complexity index is 754. The fraction of sp³-hybridized carbons (Fsp3) is 0.500. The number of hydrogen-bond acceptors (Lipinski definition) is 5. The second kappa shape index (κ2) is 10.1. The summed E-state index contributed by atoms with van der Waals surface area (Å²) in [5.74, 6) is 0.333. The molecule has 0 aliphatic carbocycles. The average molecular weight is 397 g/mol. The summed E-state index contributed by atoms with van der Waals surface area (Å²) in [6.45, 7) is 4.96. The molecule has 0 unspecified atom stereocenters. The molecule has 1 heterocycles. The second-order valence-electron chi connectivity index (χ2n) is 6.35. The second-order valence-corrected chi connectivity index (χ2v) is 6.35. The number of benzene rings is 1. The molecule has 28 heavy (non-hydrogen) atoms. The lowest BCUT2D eigenvalue weighted by Crippen LogP contribution is -2.19. The van der Waals surface area contributed by atoms with Crippen LogP contribution in [0, 0.1) is 0 Å². The van der Waals surface area contributed by atoms with Crippen LogP contribution in [0.5, 0.6) is 11.8 Å². The molecule has 0 N–H and O–H groups in total. The van der Waals surface area contributed by atoms with Gasteiger partial charge in [0.15, 0.2) is 5.82 Å². The number of ether oxygens (including phenoxy) is 2. The number of rotatable bonds is 10. The summed E-state index contributed by atoms with van der Waals surface area (Å²) < 4.78 is 51.5. The molecule has 0 radical (unpaired) electrons. The van der Waals surface area contributed by atoms with E-state index in [2.05, 4.69) is 16.9 Å². The lowest BCUT2D eigenvalue weighted by atomic mass is 10.2. The molecular formula is C20H26F3N3O2. The minimum Gasteiger partial charge on any atom is -0.494 e. The van der Waals surface area contributed by atoms with Crippen molar-refractivity contribution in [3.63, 3.8) is 0 Å². The predicted octanol–water partition coefficient (Wildman–Crippen LogP) is 5.62. The Balaban J connectivity index is 2.32. The summed E-state index contributed by atoms with van der Waals surface area (Å²) in [7, 11) is 1.53. The number of anilines is 2. The lowest BCUT2D eigenvalue weighted by Gasteiger charge is -2.23. The Kier molecular flexibility index (Phi) is 7.90. The van der Waals surface area contributed by atoms with Crippen LogP contribution in [0.2, 0.25) is 0 Å². The minimum absolute atomic E-state index is 0.0707. The molecule has 2 aromatic rings. The van der Waals surface area contributed by atoms with Crippen LogP contribution >= 0.6 is 0 Å². The highest BCUT2D eigenvalue weighted by molar-refractivity contribution is 5.64. The van der Waals surface area contributed by atoms with Crippen LogP contribution in [-0.2, 0) is 6.18 Å². The van der Waals surface area contributed by atoms with E-state index in [1.807, 2.05) is 6.92 Å². The lowest BCUT2D eigenvalue weighted by molar-refractivity contribution is -0.137. The number of hydrogen-bond donors (Lipinski definition) is 0. The van der Waals surface area contributed by atoms with Crippen LogP contribution in [0.25, 0.3) is 0 Å². The fourth-order valence-electron chi connectivity index (χ4n) is 2.43. The highest BCUT2D eigenvalue weighted by atomic mass is 19.4. The zero-order valence-electron chi connectivity index (χ0n) is 16.4. The molecule has 1 aromatic heterocycles. The van der Waals surface area contributed by atoms with Crippen molar-refractivity contribution >= 4 is 11.5 Å². The van der Waals surface area contributed by atoms with Crippen LogP contribution in [-0.4, -0.2) is 30.2 Å². The van der Waals surface area contributed by atoms with E-state index in [9.17, 15) is 13.2 Å². The summed E-state index contributed by atoms with van der Waals surface area (Å²) in [6.07, 6.45) is -0.244. The minimum atomic E-state index is -4.58. The van der Waals surface area contributed by atoms with E-state index in [1.54, 1.807) is 24.3 Å². The predicted molar refractivity (Wildman–Crippen MR) is 102 cm³/mol. The zero-order chi connectivity index (χ0) is 20.6. The molecule has 0 atom stereocenters. The van der Waals surface area contributed by atoms with Gasteiger partial charge in [-0.25, -0.2) is 4.98 Å². The quantitative estimate of drug-likeness (QED) is 0.487. The van der Waals surface area contributed by atoms with Gasteiger partial charge >= 0.3 is 12.2 Å². The molecule has 0 aliphatic heterocycles. The van der Waals surface area contributed by atoms with Gasteiger partial charge in [-0.05, 0) is 25.0 Å². The van der Waals surface area contributed by atoms with Gasteiger partial charge in [0.25, 0.3) is 0 Å². The first-order valence-electron chi connectivity index (χ1n) is 9.40. The van der Waals surface area contributed by atoms with Crippen molar-refractivity contribution in [2.75, 3.05) is 25.2 Å². The molecule has 2 rings (SSSR count). The molecule has 0 saturated heterocycles. The monoisotopic (exact) mass is 397 g/mol. The normalized spacial score (nSPS) is 11.4. The molecular weight excluding hydrogens is 371 g/mol. The van der Waals surface area contributed by atoms with Crippen molar-refractivity contribution < 1.29 is 22.6 Å². The van der Waals surface area contributed by atoms with E-state index < -0.39 is 11.7 Å². The van der Waals surface area contributed by atoms with E-state index in [0.29, 0.717) is 24.7 Å². The largest absolute Gasteiger partial charge is 0.494 e. The van der Waals surface area contributed by atoms with E-state index >= 15 is 0 Å². The summed E-state index contributed by atoms with van der Waals surface area (Å²) in [5.41, 5.74) is -0.396. The van der Waals surface area contributed by atoms with Crippen molar-refractivity contribution in [2.24, 2.45) is 0 Å². The first-order valence-corrected chi connectivity index (χ1v) is 9.40. The molecule has 0 fully saturated rings. The van der Waals surface area contributed by atoms with Gasteiger partial charge in [0, 0.05) is 25.0 Å². The SMILES string of the molecule is CCCCOc1cccc(N(C)c2nc(OCCCC)ncc2C(F)(F)F)c1. The molecule has 8 heteroatoms. The van der Waals surface area contributed by atoms with Gasteiger partial charge in [-0.3, -0.25) is 0 Å². The van der Waals surface area contributed by atoms with Crippen LogP contribution in [0.3, 0.4) is 0 Å². The van der Waals surface area contributed by atoms with Crippen molar-refractivity contribution in [1.29, 1.82) is 0 Å². The first-order chi connectivity index (χ1) is 13.4. The Morgan fingerprint density at radius 3 is 2.36 bits per heavy atom. The number of unbranched alkanes of at least 4 members (excludes halogenated alkanes) is 2. The molecule has 0 amide bonds. The summed E-state index contributed by atoms with van der Waals surface area (Å²) >= 11 is 0. The Morgan fingerprint density at radius 2 is 1.71 bits per heavy atom. The standard InChI is InChI=1S/C20H26F3N3O2/c1-4-6-11-27-16-10-8-9-15(13-16)26(3)18-17(20(21,22)23)14-24-19(25-18)28-12-7-5-2/h8-10,13-14H,4-7,11-12H2,1-3H3. The van der Waals surface area contributed by atoms with Crippen LogP contribution in [0.4, 0.5) is 24.7 Å². The molecule has 154 valence electrons. The molecule has 0 aliphatic rings. The number of nitrogens with zero attached hydrogens (tertiary/aromatic N) is 3. The first kappa shape index (κ1) is 21.8. The summed E-state index contributed by atoms with van der Waals surface area (Å²) in [6, 6.07) is 6.83. The highest BCUT2D eigenvalue weighted by Crippen LogP contribution is 2.38. The maximum atomic E-state index is 13.5. The van der Waals surface area contributed by atoms with Crippen molar-refractivity contribution in [3.8, 4) is 11.8 Å². The Morgan fingerprint density at radius 1 is 1.04 bits per heavy atom. The highest BCUT2D eigenvalue weighted by Gasteiger charge is 2.36. The van der Waals surface area contributed by atoms with E-state index in [-0.39, 0.29) is 11.8 Å². The summed E-state index contributed by atoms with van der Waals surface area (Å²) in [5, 5.41) is 0. The Hall–Kier alpha value is -2.51. The molecule has 0 saturated carbocycles. The van der Waals surface area contributed by atoms with Crippen molar-refractivity contribution in [2.45, 2.75) is 45.7 Å². The Labute approximate surface area is 163 Å². The van der Waals surface area contributed by atoms with Gasteiger partial charge in [-0.2, -0.15) is 18.2 Å². The average Bonchev–Trinajstić information content (AvgIpc) is 2.67. The van der Waals surface area contributed by atoms with Crippen LogP contribution in [0.15, 0.2) is 30.5 Å². The molecule has 1 aromatic carbocycles. The molecule has 5 nitrogen and oxygen atoms in total. The van der Waals surface area contributed by atoms with E-state index in [1.165, 1.54) is 11.9 Å². The maximum Gasteiger partial charge on any atom is 0.421 e. The van der Waals surface area contributed by atoms with Gasteiger partial charge in [0.05, 0.1) is 13.2 Å². The van der Waals surface area contributed by atoms with Crippen molar-refractivity contribution in [3.05, 3.63) is 36.0 Å². The number of aromatic nitrogens is 2. The number of alkyl halides is 3. The van der Waals surface area contributed by atoms with Crippen molar-refractivity contribution in [1.82, 2.24) is 9.97 Å². The van der Waals surface area contributed by atoms with E-state index in [0.717, 1.165) is 31.9 Å². The van der Waals surface area contributed by atoms with Gasteiger partial charge in [0.2, 0.25) is 0 Å². The fourth-order valence-corrected chi connectivity index (χ4v) is 2.43. The third-order valence-corrected chi connectivity index (χ3v) is 4.07. The smallest absolute Gasteiger partial charge is 0.421 e. The van der Waals surface area contributed by atoms with Crippen LogP contribution in [0.1, 0.15) is 45.1 Å². The molecule has 0 bridgehead atoms. The van der Waals surface area contributed by atoms with E-state index in [4.69, 9.17) is 9.47 Å². The third-order valence-electron chi connectivity index (χ3n) is 4.07. The summed E-state index contributed by atoms with van der Waals surface area (Å²) in [4.78, 5) is 9.11. The maximum absolute atomic E-state index is 13.5. The van der Waals surface area contributed by atoms with Gasteiger partial charge in [-0.15, -0.1) is 0 Å². The zero-order valence-corrected chi connectivity index (χ0v) is 16.4. The van der Waals surface area contributed by atoms with Gasteiger partial charge < -0.3 is 14.4 Å².